The lowest BCUT2D eigenvalue weighted by Crippen LogP contribution is -2.48. The minimum Gasteiger partial charge on any atom is -0.497 e. The minimum atomic E-state index is -3.42. The molecule has 1 aliphatic heterocycles. The maximum absolute atomic E-state index is 12.2. The third-order valence-corrected chi connectivity index (χ3v) is 6.04. The molecule has 26 heavy (non-hydrogen) atoms. The van der Waals surface area contributed by atoms with Gasteiger partial charge in [-0.2, -0.15) is 0 Å². The Morgan fingerprint density at radius 2 is 1.73 bits per heavy atom. The van der Waals surface area contributed by atoms with E-state index in [1.54, 1.807) is 37.4 Å². The summed E-state index contributed by atoms with van der Waals surface area (Å²) in [7, 11) is -1.75. The van der Waals surface area contributed by atoms with Gasteiger partial charge in [0.15, 0.2) is 0 Å². The number of benzene rings is 2. The van der Waals surface area contributed by atoms with E-state index in [9.17, 15) is 8.42 Å². The molecule has 0 atom stereocenters. The summed E-state index contributed by atoms with van der Waals surface area (Å²) < 4.78 is 32.4. The Bertz CT molecular complexity index is 804. The molecular weight excluding hydrogens is 350 g/mol. The number of ether oxygens (including phenoxy) is 1. The highest BCUT2D eigenvalue weighted by molar-refractivity contribution is 7.89. The quantitative estimate of drug-likeness (QED) is 0.800. The normalized spacial score (nSPS) is 15.8. The lowest BCUT2D eigenvalue weighted by atomic mass is 10.2. The Kier molecular flexibility index (Phi) is 6.13. The smallest absolute Gasteiger partial charge is 0.240 e. The van der Waals surface area contributed by atoms with Crippen LogP contribution in [0.1, 0.15) is 0 Å². The molecule has 1 heterocycles. The van der Waals surface area contributed by atoms with Crippen molar-refractivity contribution >= 4 is 15.7 Å². The van der Waals surface area contributed by atoms with Gasteiger partial charge >= 0.3 is 0 Å². The summed E-state index contributed by atoms with van der Waals surface area (Å²) in [5.74, 6) is 0.861. The van der Waals surface area contributed by atoms with Crippen LogP contribution in [0.15, 0.2) is 59.5 Å². The second-order valence-electron chi connectivity index (χ2n) is 6.24. The van der Waals surface area contributed by atoms with Gasteiger partial charge in [0.25, 0.3) is 0 Å². The molecule has 0 amide bonds. The molecule has 2 aromatic rings. The van der Waals surface area contributed by atoms with E-state index in [1.165, 1.54) is 0 Å². The molecule has 0 spiro atoms. The molecule has 0 unspecified atom stereocenters. The summed E-state index contributed by atoms with van der Waals surface area (Å²) in [6.45, 7) is 4.76. The van der Waals surface area contributed by atoms with Crippen LogP contribution in [0.5, 0.6) is 5.75 Å². The predicted octanol–water partition coefficient (Wildman–Crippen LogP) is 1.80. The first-order valence-corrected chi connectivity index (χ1v) is 10.2. The van der Waals surface area contributed by atoms with Crippen molar-refractivity contribution in [2.45, 2.75) is 4.90 Å². The van der Waals surface area contributed by atoms with Crippen molar-refractivity contribution in [2.24, 2.45) is 0 Å². The van der Waals surface area contributed by atoms with Crippen molar-refractivity contribution in [3.63, 3.8) is 0 Å². The third-order valence-electron chi connectivity index (χ3n) is 4.56. The zero-order valence-corrected chi connectivity index (χ0v) is 15.8. The maximum atomic E-state index is 12.2. The van der Waals surface area contributed by atoms with E-state index < -0.39 is 10.0 Å². The number of rotatable bonds is 7. The van der Waals surface area contributed by atoms with Gasteiger partial charge in [0, 0.05) is 51.0 Å². The molecule has 0 aromatic heterocycles. The van der Waals surface area contributed by atoms with Crippen LogP contribution in [0.3, 0.4) is 0 Å². The van der Waals surface area contributed by atoms with E-state index in [1.807, 2.05) is 18.2 Å². The highest BCUT2D eigenvalue weighted by Crippen LogP contribution is 2.22. The zero-order valence-electron chi connectivity index (χ0n) is 15.0. The van der Waals surface area contributed by atoms with E-state index in [2.05, 4.69) is 20.6 Å². The predicted molar refractivity (Wildman–Crippen MR) is 103 cm³/mol. The van der Waals surface area contributed by atoms with E-state index in [0.29, 0.717) is 18.0 Å². The summed E-state index contributed by atoms with van der Waals surface area (Å²) in [6, 6.07) is 16.6. The van der Waals surface area contributed by atoms with Crippen molar-refractivity contribution < 1.29 is 13.2 Å². The van der Waals surface area contributed by atoms with Gasteiger partial charge in [0.2, 0.25) is 10.0 Å². The number of sulfonamides is 1. The van der Waals surface area contributed by atoms with Gasteiger partial charge in [-0.05, 0) is 24.3 Å². The Morgan fingerprint density at radius 1 is 1.00 bits per heavy atom. The van der Waals surface area contributed by atoms with Crippen molar-refractivity contribution in [3.05, 3.63) is 54.6 Å². The fourth-order valence-electron chi connectivity index (χ4n) is 3.06. The maximum Gasteiger partial charge on any atom is 0.240 e. The van der Waals surface area contributed by atoms with Crippen LogP contribution in [-0.4, -0.2) is 59.7 Å². The molecule has 1 fully saturated rings. The minimum absolute atomic E-state index is 0.308. The van der Waals surface area contributed by atoms with E-state index in [-0.39, 0.29) is 0 Å². The molecule has 1 N–H and O–H groups in total. The first-order chi connectivity index (χ1) is 12.6. The number of nitrogens with one attached hydrogen (secondary N) is 1. The zero-order chi connectivity index (χ0) is 18.4. The van der Waals surface area contributed by atoms with E-state index in [0.717, 1.165) is 37.6 Å². The van der Waals surface area contributed by atoms with Crippen molar-refractivity contribution in [2.75, 3.05) is 51.3 Å². The molecule has 1 aliphatic rings. The van der Waals surface area contributed by atoms with Crippen molar-refractivity contribution in [3.8, 4) is 5.75 Å². The van der Waals surface area contributed by atoms with Crippen LogP contribution in [0, 0.1) is 0 Å². The van der Waals surface area contributed by atoms with E-state index in [4.69, 9.17) is 4.74 Å². The Labute approximate surface area is 155 Å². The first-order valence-electron chi connectivity index (χ1n) is 8.74. The number of anilines is 1. The standard InChI is InChI=1S/C19H25N3O3S/c1-25-18-7-5-6-17(16-18)22-14-12-21(13-15-22)11-10-20-26(23,24)19-8-3-2-4-9-19/h2-9,16,20H,10-15H2,1H3. The lowest BCUT2D eigenvalue weighted by molar-refractivity contribution is 0.262. The average Bonchev–Trinajstić information content (AvgIpc) is 2.69. The van der Waals surface area contributed by atoms with Crippen molar-refractivity contribution in [1.29, 1.82) is 0 Å². The fraction of sp³-hybridized carbons (Fsp3) is 0.368. The summed E-state index contributed by atoms with van der Waals surface area (Å²) in [5, 5.41) is 0. The van der Waals surface area contributed by atoms with Crippen LogP contribution >= 0.6 is 0 Å². The van der Waals surface area contributed by atoms with Crippen LogP contribution in [-0.2, 0) is 10.0 Å². The molecule has 0 radical (unpaired) electrons. The highest BCUT2D eigenvalue weighted by atomic mass is 32.2. The van der Waals surface area contributed by atoms with Crippen LogP contribution in [0.2, 0.25) is 0 Å². The lowest BCUT2D eigenvalue weighted by Gasteiger charge is -2.36. The SMILES string of the molecule is COc1cccc(N2CCN(CCNS(=O)(=O)c3ccccc3)CC2)c1. The van der Waals surface area contributed by atoms with Gasteiger partial charge in [-0.3, -0.25) is 4.90 Å². The van der Waals surface area contributed by atoms with Gasteiger partial charge in [0.05, 0.1) is 12.0 Å². The molecule has 0 aliphatic carbocycles. The summed E-state index contributed by atoms with van der Waals surface area (Å²) in [6.07, 6.45) is 0. The Hall–Kier alpha value is -2.09. The molecule has 140 valence electrons. The number of hydrogen-bond donors (Lipinski definition) is 1. The van der Waals surface area contributed by atoms with Crippen molar-refractivity contribution in [1.82, 2.24) is 9.62 Å². The topological polar surface area (TPSA) is 61.9 Å². The van der Waals surface area contributed by atoms with Crippen LogP contribution in [0.4, 0.5) is 5.69 Å². The molecule has 6 nitrogen and oxygen atoms in total. The largest absolute Gasteiger partial charge is 0.497 e. The fourth-order valence-corrected chi connectivity index (χ4v) is 4.10. The second-order valence-corrected chi connectivity index (χ2v) is 8.01. The molecule has 2 aromatic carbocycles. The first kappa shape index (κ1) is 18.7. The molecular formula is C19H25N3O3S. The Morgan fingerprint density at radius 3 is 2.42 bits per heavy atom. The van der Waals surface area contributed by atoms with Gasteiger partial charge in [-0.25, -0.2) is 13.1 Å². The molecule has 3 rings (SSSR count). The van der Waals surface area contributed by atoms with Crippen LogP contribution in [0.25, 0.3) is 0 Å². The highest BCUT2D eigenvalue weighted by Gasteiger charge is 2.18. The second kappa shape index (κ2) is 8.53. The average molecular weight is 375 g/mol. The number of nitrogens with zero attached hydrogens (tertiary/aromatic N) is 2. The van der Waals surface area contributed by atoms with E-state index >= 15 is 0 Å². The number of piperazine rings is 1. The van der Waals surface area contributed by atoms with Crippen LogP contribution < -0.4 is 14.4 Å². The number of hydrogen-bond acceptors (Lipinski definition) is 5. The number of methoxy groups -OCH3 is 1. The summed E-state index contributed by atoms with van der Waals surface area (Å²) in [4.78, 5) is 4.92. The Balaban J connectivity index is 1.46. The van der Waals surface area contributed by atoms with Gasteiger partial charge in [-0.1, -0.05) is 24.3 Å². The van der Waals surface area contributed by atoms with Gasteiger partial charge in [-0.15, -0.1) is 0 Å². The van der Waals surface area contributed by atoms with Gasteiger partial charge in [0.1, 0.15) is 5.75 Å². The van der Waals surface area contributed by atoms with Gasteiger partial charge < -0.3 is 9.64 Å². The summed E-state index contributed by atoms with van der Waals surface area (Å²) >= 11 is 0. The summed E-state index contributed by atoms with van der Waals surface area (Å²) in [5.41, 5.74) is 1.16. The molecule has 1 saturated heterocycles. The molecule has 0 saturated carbocycles. The molecule has 7 heteroatoms. The third kappa shape index (κ3) is 4.75. The molecule has 0 bridgehead atoms. The monoisotopic (exact) mass is 375 g/mol.